The minimum Gasteiger partial charge on any atom is -0.465 e. The molecular formula is C18H20N2O5. The Hall–Kier alpha value is -2.93. The van der Waals surface area contributed by atoms with Gasteiger partial charge in [0.15, 0.2) is 5.60 Å². The molecule has 2 aromatic rings. The number of carbonyl (C=O) groups is 2. The van der Waals surface area contributed by atoms with Gasteiger partial charge in [-0.1, -0.05) is 12.1 Å². The second-order valence-corrected chi connectivity index (χ2v) is 5.89. The van der Waals surface area contributed by atoms with Crippen LogP contribution in [-0.4, -0.2) is 34.3 Å². The predicted molar refractivity (Wildman–Crippen MR) is 92.5 cm³/mol. The maximum Gasteiger partial charge on any atom is 0.337 e. The van der Waals surface area contributed by atoms with E-state index in [1.165, 1.54) is 30.7 Å². The fourth-order valence-electron chi connectivity index (χ4n) is 2.31. The molecule has 2 rings (SSSR count). The first-order chi connectivity index (χ1) is 11.7. The van der Waals surface area contributed by atoms with Gasteiger partial charge in [-0.2, -0.15) is 0 Å². The van der Waals surface area contributed by atoms with Crippen LogP contribution in [-0.2, 0) is 16.1 Å². The number of aromatic nitrogens is 1. The molecule has 0 radical (unpaired) electrons. The zero-order chi connectivity index (χ0) is 18.6. The molecule has 1 aromatic heterocycles. The van der Waals surface area contributed by atoms with Gasteiger partial charge < -0.3 is 19.7 Å². The van der Waals surface area contributed by atoms with Crippen LogP contribution in [0.5, 0.6) is 0 Å². The van der Waals surface area contributed by atoms with E-state index in [1.54, 1.807) is 37.3 Å². The van der Waals surface area contributed by atoms with E-state index in [1.807, 2.05) is 0 Å². The summed E-state index contributed by atoms with van der Waals surface area (Å²) in [6.07, 6.45) is 0. The molecule has 0 fully saturated rings. The summed E-state index contributed by atoms with van der Waals surface area (Å²) in [6.45, 7) is 2.85. The minimum atomic E-state index is -1.82. The Balaban J connectivity index is 2.19. The maximum atomic E-state index is 12.4. The predicted octanol–water partition coefficient (Wildman–Crippen LogP) is 1.33. The number of carbonyl (C=O) groups excluding carboxylic acids is 2. The number of nitrogens with zero attached hydrogens (tertiary/aromatic N) is 1. The second-order valence-electron chi connectivity index (χ2n) is 5.89. The molecule has 0 saturated heterocycles. The molecule has 1 atom stereocenters. The van der Waals surface area contributed by atoms with Crippen molar-refractivity contribution in [3.05, 3.63) is 64.1 Å². The highest BCUT2D eigenvalue weighted by atomic mass is 16.5. The average molecular weight is 344 g/mol. The lowest BCUT2D eigenvalue weighted by atomic mass is 10.1. The highest BCUT2D eigenvalue weighted by Crippen LogP contribution is 2.16. The lowest BCUT2D eigenvalue weighted by molar-refractivity contribution is -0.133. The first kappa shape index (κ1) is 18.4. The third-order valence-corrected chi connectivity index (χ3v) is 3.76. The van der Waals surface area contributed by atoms with E-state index in [4.69, 9.17) is 0 Å². The number of rotatable bonds is 5. The Morgan fingerprint density at radius 1 is 1.24 bits per heavy atom. The van der Waals surface area contributed by atoms with Crippen LogP contribution in [0, 0.1) is 6.92 Å². The van der Waals surface area contributed by atoms with Gasteiger partial charge in [0, 0.05) is 17.4 Å². The van der Waals surface area contributed by atoms with Gasteiger partial charge in [0.1, 0.15) is 0 Å². The molecule has 2 N–H and O–H groups in total. The Morgan fingerprint density at radius 2 is 1.92 bits per heavy atom. The van der Waals surface area contributed by atoms with Crippen LogP contribution >= 0.6 is 0 Å². The van der Waals surface area contributed by atoms with Gasteiger partial charge in [-0.25, -0.2) is 4.79 Å². The summed E-state index contributed by atoms with van der Waals surface area (Å²) < 4.78 is 5.95. The zero-order valence-corrected chi connectivity index (χ0v) is 14.3. The molecule has 1 amide bonds. The normalized spacial score (nSPS) is 13.0. The van der Waals surface area contributed by atoms with Gasteiger partial charge in [0.25, 0.3) is 11.5 Å². The molecule has 25 heavy (non-hydrogen) atoms. The number of aliphatic hydroxyl groups is 1. The van der Waals surface area contributed by atoms with Crippen molar-refractivity contribution in [1.29, 1.82) is 0 Å². The molecular weight excluding hydrogens is 324 g/mol. The monoisotopic (exact) mass is 344 g/mol. The fourth-order valence-corrected chi connectivity index (χ4v) is 2.31. The van der Waals surface area contributed by atoms with E-state index >= 15 is 0 Å². The van der Waals surface area contributed by atoms with E-state index in [2.05, 4.69) is 10.1 Å². The summed E-state index contributed by atoms with van der Waals surface area (Å²) in [7, 11) is 1.26. The van der Waals surface area contributed by atoms with Crippen LogP contribution in [0.2, 0.25) is 0 Å². The summed E-state index contributed by atoms with van der Waals surface area (Å²) in [5.74, 6) is -1.22. The average Bonchev–Trinajstić information content (AvgIpc) is 2.57. The molecule has 1 heterocycles. The number of amides is 1. The number of esters is 1. The van der Waals surface area contributed by atoms with Crippen molar-refractivity contribution in [3.8, 4) is 0 Å². The molecule has 0 aliphatic rings. The highest BCUT2D eigenvalue weighted by Gasteiger charge is 2.31. The number of methoxy groups -OCH3 is 1. The summed E-state index contributed by atoms with van der Waals surface area (Å²) in [6, 6.07) is 10.9. The Morgan fingerprint density at radius 3 is 2.56 bits per heavy atom. The minimum absolute atomic E-state index is 0.193. The number of anilines is 1. The van der Waals surface area contributed by atoms with Crippen molar-refractivity contribution in [2.75, 3.05) is 12.4 Å². The molecule has 0 aliphatic heterocycles. The first-order valence-corrected chi connectivity index (χ1v) is 7.63. The molecule has 7 nitrogen and oxygen atoms in total. The van der Waals surface area contributed by atoms with Gasteiger partial charge in [-0.15, -0.1) is 0 Å². The largest absolute Gasteiger partial charge is 0.465 e. The van der Waals surface area contributed by atoms with Gasteiger partial charge >= 0.3 is 5.97 Å². The third-order valence-electron chi connectivity index (χ3n) is 3.76. The Labute approximate surface area is 144 Å². The smallest absolute Gasteiger partial charge is 0.337 e. The second kappa shape index (κ2) is 7.31. The number of benzene rings is 1. The number of hydrogen-bond acceptors (Lipinski definition) is 5. The van der Waals surface area contributed by atoms with Crippen LogP contribution < -0.4 is 10.9 Å². The topological polar surface area (TPSA) is 97.6 Å². The van der Waals surface area contributed by atoms with Crippen LogP contribution in [0.1, 0.15) is 23.0 Å². The van der Waals surface area contributed by atoms with Crippen molar-refractivity contribution in [2.45, 2.75) is 26.0 Å². The lowest BCUT2D eigenvalue weighted by Crippen LogP contribution is -2.46. The van der Waals surface area contributed by atoms with Crippen molar-refractivity contribution in [2.24, 2.45) is 0 Å². The maximum absolute atomic E-state index is 12.4. The highest BCUT2D eigenvalue weighted by molar-refractivity contribution is 5.98. The standard InChI is InChI=1S/C18H20N2O5/c1-12-6-4-9-15(21)20(12)11-18(2,24)17(23)19-14-8-5-7-13(10-14)16(22)25-3/h4-10,24H,11H2,1-3H3,(H,19,23)/t18-/m0/s1. The Bertz CT molecular complexity index is 855. The van der Waals surface area contributed by atoms with Gasteiger partial charge in [-0.3, -0.25) is 9.59 Å². The summed E-state index contributed by atoms with van der Waals surface area (Å²) >= 11 is 0. The summed E-state index contributed by atoms with van der Waals surface area (Å²) in [4.78, 5) is 35.9. The van der Waals surface area contributed by atoms with Crippen LogP contribution in [0.25, 0.3) is 0 Å². The molecule has 0 saturated carbocycles. The number of ether oxygens (including phenoxy) is 1. The third kappa shape index (κ3) is 4.33. The van der Waals surface area contributed by atoms with Gasteiger partial charge in [0.2, 0.25) is 0 Å². The van der Waals surface area contributed by atoms with E-state index < -0.39 is 17.5 Å². The van der Waals surface area contributed by atoms with E-state index in [9.17, 15) is 19.5 Å². The number of nitrogens with one attached hydrogen (secondary N) is 1. The van der Waals surface area contributed by atoms with E-state index in [0.717, 1.165) is 0 Å². The van der Waals surface area contributed by atoms with Crippen LogP contribution in [0.4, 0.5) is 5.69 Å². The van der Waals surface area contributed by atoms with E-state index in [0.29, 0.717) is 11.4 Å². The molecule has 0 spiro atoms. The fraction of sp³-hybridized carbons (Fsp3) is 0.278. The molecule has 132 valence electrons. The molecule has 0 bridgehead atoms. The zero-order valence-electron chi connectivity index (χ0n) is 14.3. The van der Waals surface area contributed by atoms with Gasteiger partial charge in [-0.05, 0) is 38.1 Å². The number of hydrogen-bond donors (Lipinski definition) is 2. The van der Waals surface area contributed by atoms with Crippen molar-refractivity contribution >= 4 is 17.6 Å². The molecule has 0 unspecified atom stereocenters. The van der Waals surface area contributed by atoms with Gasteiger partial charge in [0.05, 0.1) is 19.2 Å². The number of pyridine rings is 1. The first-order valence-electron chi connectivity index (χ1n) is 7.63. The molecule has 7 heteroatoms. The van der Waals surface area contributed by atoms with Crippen molar-refractivity contribution in [1.82, 2.24) is 4.57 Å². The SMILES string of the molecule is COC(=O)c1cccc(NC(=O)[C@@](C)(O)Cn2c(C)cccc2=O)c1. The molecule has 1 aromatic carbocycles. The van der Waals surface area contributed by atoms with Crippen molar-refractivity contribution < 1.29 is 19.4 Å². The van der Waals surface area contributed by atoms with Crippen LogP contribution in [0.3, 0.4) is 0 Å². The summed E-state index contributed by atoms with van der Waals surface area (Å²) in [5, 5.41) is 13.1. The lowest BCUT2D eigenvalue weighted by Gasteiger charge is -2.24. The van der Waals surface area contributed by atoms with E-state index in [-0.39, 0.29) is 17.7 Å². The Kier molecular flexibility index (Phi) is 5.38. The van der Waals surface area contributed by atoms with Crippen LogP contribution in [0.15, 0.2) is 47.3 Å². The number of aryl methyl sites for hydroxylation is 1. The van der Waals surface area contributed by atoms with Crippen molar-refractivity contribution in [3.63, 3.8) is 0 Å². The molecule has 0 aliphatic carbocycles. The summed E-state index contributed by atoms with van der Waals surface area (Å²) in [5.41, 5.74) is -0.883. The quantitative estimate of drug-likeness (QED) is 0.798.